The lowest BCUT2D eigenvalue weighted by molar-refractivity contribution is -0.129. The minimum Gasteiger partial charge on any atom is -0.391 e. The number of aliphatic hydroxyl groups is 1. The summed E-state index contributed by atoms with van der Waals surface area (Å²) in [7, 11) is 0. The summed E-state index contributed by atoms with van der Waals surface area (Å²) in [5, 5.41) is 9.40. The number of aliphatic hydroxyl groups excluding tert-OH is 1. The zero-order chi connectivity index (χ0) is 10.8. The van der Waals surface area contributed by atoms with E-state index >= 15 is 0 Å². The number of β-amino-alcohol motifs (C(OH)–C–C–N with tert-alkyl or cyclic N) is 1. The monoisotopic (exact) mass is 205 g/mol. The molecule has 0 spiro atoms. The van der Waals surface area contributed by atoms with Crippen LogP contribution in [-0.2, 0) is 4.79 Å². The molecule has 1 aliphatic heterocycles. The summed E-state index contributed by atoms with van der Waals surface area (Å²) in [4.78, 5) is 13.3. The van der Waals surface area contributed by atoms with Crippen molar-refractivity contribution in [2.75, 3.05) is 6.54 Å². The molecule has 1 saturated heterocycles. The summed E-state index contributed by atoms with van der Waals surface area (Å²) >= 11 is 0. The van der Waals surface area contributed by atoms with Crippen LogP contribution in [0.1, 0.15) is 24.9 Å². The van der Waals surface area contributed by atoms with Gasteiger partial charge in [-0.05, 0) is 12.5 Å². The molecule has 15 heavy (non-hydrogen) atoms. The average molecular weight is 205 g/mol. The number of hydrogen-bond acceptors (Lipinski definition) is 2. The number of carbonyl (C=O) groups excluding carboxylic acids is 1. The highest BCUT2D eigenvalue weighted by Gasteiger charge is 2.31. The second-order valence-electron chi connectivity index (χ2n) is 3.99. The number of amides is 1. The number of benzene rings is 1. The van der Waals surface area contributed by atoms with Crippen LogP contribution in [0.4, 0.5) is 0 Å². The fourth-order valence-electron chi connectivity index (χ4n) is 2.00. The molecule has 1 heterocycles. The van der Waals surface area contributed by atoms with E-state index in [-0.39, 0.29) is 18.4 Å². The molecule has 2 atom stereocenters. The van der Waals surface area contributed by atoms with Crippen molar-refractivity contribution in [3.05, 3.63) is 35.9 Å². The predicted molar refractivity (Wildman–Crippen MR) is 57.2 cm³/mol. The molecule has 0 aliphatic carbocycles. The number of nitrogens with zero attached hydrogens (tertiary/aromatic N) is 1. The van der Waals surface area contributed by atoms with Crippen LogP contribution in [-0.4, -0.2) is 28.6 Å². The first-order valence-corrected chi connectivity index (χ1v) is 5.21. The Morgan fingerprint density at radius 2 is 2.07 bits per heavy atom. The lowest BCUT2D eigenvalue weighted by Gasteiger charge is -2.24. The molecule has 1 N–H and O–H groups in total. The van der Waals surface area contributed by atoms with Crippen LogP contribution >= 0.6 is 0 Å². The van der Waals surface area contributed by atoms with Gasteiger partial charge in [-0.2, -0.15) is 0 Å². The van der Waals surface area contributed by atoms with Gasteiger partial charge in [-0.3, -0.25) is 4.79 Å². The summed E-state index contributed by atoms with van der Waals surface area (Å²) in [5.74, 6) is 0.0406. The summed E-state index contributed by atoms with van der Waals surface area (Å²) < 4.78 is 0. The van der Waals surface area contributed by atoms with Gasteiger partial charge in [0.1, 0.15) is 0 Å². The van der Waals surface area contributed by atoms with Gasteiger partial charge in [0.2, 0.25) is 5.91 Å². The van der Waals surface area contributed by atoms with E-state index in [2.05, 4.69) is 0 Å². The van der Waals surface area contributed by atoms with E-state index in [0.29, 0.717) is 6.54 Å². The molecule has 3 heteroatoms. The first-order chi connectivity index (χ1) is 7.18. The summed E-state index contributed by atoms with van der Waals surface area (Å²) in [6.45, 7) is 2.44. The van der Waals surface area contributed by atoms with Crippen molar-refractivity contribution in [3.8, 4) is 0 Å². The van der Waals surface area contributed by atoms with E-state index in [9.17, 15) is 9.90 Å². The van der Waals surface area contributed by atoms with Gasteiger partial charge >= 0.3 is 0 Å². The highest BCUT2D eigenvalue weighted by Crippen LogP contribution is 2.25. The molecule has 0 radical (unpaired) electrons. The third-order valence-electron chi connectivity index (χ3n) is 2.89. The van der Waals surface area contributed by atoms with Crippen LogP contribution in [0.2, 0.25) is 0 Å². The number of likely N-dealkylation sites (tertiary alicyclic amines) is 1. The summed E-state index contributed by atoms with van der Waals surface area (Å²) in [6.07, 6.45) is -0.236. The molecule has 0 saturated carbocycles. The van der Waals surface area contributed by atoms with Gasteiger partial charge in [-0.25, -0.2) is 0 Å². The van der Waals surface area contributed by atoms with Crippen molar-refractivity contribution in [2.24, 2.45) is 0 Å². The van der Waals surface area contributed by atoms with E-state index in [4.69, 9.17) is 0 Å². The fourth-order valence-corrected chi connectivity index (χ4v) is 2.00. The lowest BCUT2D eigenvalue weighted by Crippen LogP contribution is -2.29. The highest BCUT2D eigenvalue weighted by molar-refractivity contribution is 5.79. The quantitative estimate of drug-likeness (QED) is 0.791. The molecular weight excluding hydrogens is 190 g/mol. The fraction of sp³-hybridized carbons (Fsp3) is 0.417. The normalized spacial score (nSPS) is 23.2. The Hall–Kier alpha value is -1.35. The van der Waals surface area contributed by atoms with Crippen molar-refractivity contribution in [1.29, 1.82) is 0 Å². The van der Waals surface area contributed by atoms with Crippen LogP contribution in [0.3, 0.4) is 0 Å². The van der Waals surface area contributed by atoms with Gasteiger partial charge in [0.25, 0.3) is 0 Å². The molecule has 0 aromatic heterocycles. The maximum absolute atomic E-state index is 11.6. The topological polar surface area (TPSA) is 40.5 Å². The minimum absolute atomic E-state index is 0.0406. The van der Waals surface area contributed by atoms with Crippen LogP contribution in [0, 0.1) is 0 Å². The molecule has 1 aromatic carbocycles. The van der Waals surface area contributed by atoms with Gasteiger partial charge in [-0.1, -0.05) is 30.3 Å². The maximum atomic E-state index is 11.6. The third kappa shape index (κ3) is 2.02. The average Bonchev–Trinajstić information content (AvgIpc) is 2.58. The molecule has 1 aromatic rings. The molecular formula is C12H15NO2. The van der Waals surface area contributed by atoms with Crippen molar-refractivity contribution >= 4 is 5.91 Å². The molecule has 80 valence electrons. The molecule has 0 unspecified atom stereocenters. The van der Waals surface area contributed by atoms with Gasteiger partial charge < -0.3 is 10.0 Å². The van der Waals surface area contributed by atoms with Crippen molar-refractivity contribution in [1.82, 2.24) is 4.90 Å². The van der Waals surface area contributed by atoms with Crippen LogP contribution < -0.4 is 0 Å². The SMILES string of the molecule is C[C@@H](c1ccccc1)N1C[C@@H](O)CC1=O. The van der Waals surface area contributed by atoms with Gasteiger partial charge in [0.05, 0.1) is 18.6 Å². The van der Waals surface area contributed by atoms with E-state index in [1.54, 1.807) is 4.90 Å². The minimum atomic E-state index is -0.497. The second-order valence-corrected chi connectivity index (χ2v) is 3.99. The standard InChI is InChI=1S/C12H15NO2/c1-9(10-5-3-2-4-6-10)13-8-11(14)7-12(13)15/h2-6,9,11,14H,7-8H2,1H3/t9-,11-/m0/s1. The first-order valence-electron chi connectivity index (χ1n) is 5.21. The zero-order valence-electron chi connectivity index (χ0n) is 8.76. The van der Waals surface area contributed by atoms with Gasteiger partial charge in [0.15, 0.2) is 0 Å². The van der Waals surface area contributed by atoms with Crippen LogP contribution in [0.15, 0.2) is 30.3 Å². The van der Waals surface area contributed by atoms with Gasteiger partial charge in [-0.15, -0.1) is 0 Å². The number of hydrogen-bond donors (Lipinski definition) is 1. The summed E-state index contributed by atoms with van der Waals surface area (Å²) in [5.41, 5.74) is 1.11. The first kappa shape index (κ1) is 10.2. The second kappa shape index (κ2) is 4.03. The largest absolute Gasteiger partial charge is 0.391 e. The molecule has 1 amide bonds. The Kier molecular flexibility index (Phi) is 2.73. The van der Waals surface area contributed by atoms with E-state index in [1.807, 2.05) is 37.3 Å². The van der Waals surface area contributed by atoms with Crippen LogP contribution in [0.5, 0.6) is 0 Å². The predicted octanol–water partition coefficient (Wildman–Crippen LogP) is 1.34. The molecule has 1 fully saturated rings. The highest BCUT2D eigenvalue weighted by atomic mass is 16.3. The molecule has 2 rings (SSSR count). The smallest absolute Gasteiger partial charge is 0.225 e. The molecule has 0 bridgehead atoms. The Morgan fingerprint density at radius 1 is 1.40 bits per heavy atom. The Morgan fingerprint density at radius 3 is 2.60 bits per heavy atom. The molecule has 3 nitrogen and oxygen atoms in total. The zero-order valence-corrected chi connectivity index (χ0v) is 8.76. The van der Waals surface area contributed by atoms with Crippen molar-refractivity contribution in [2.45, 2.75) is 25.5 Å². The van der Waals surface area contributed by atoms with E-state index < -0.39 is 6.10 Å². The third-order valence-corrected chi connectivity index (χ3v) is 2.89. The number of carbonyl (C=O) groups is 1. The van der Waals surface area contributed by atoms with E-state index in [0.717, 1.165) is 5.56 Å². The van der Waals surface area contributed by atoms with Crippen molar-refractivity contribution in [3.63, 3.8) is 0 Å². The molecule has 1 aliphatic rings. The Labute approximate surface area is 89.3 Å². The number of rotatable bonds is 2. The maximum Gasteiger partial charge on any atom is 0.225 e. The lowest BCUT2D eigenvalue weighted by atomic mass is 10.1. The van der Waals surface area contributed by atoms with E-state index in [1.165, 1.54) is 0 Å². The van der Waals surface area contributed by atoms with Crippen molar-refractivity contribution < 1.29 is 9.90 Å². The summed E-state index contributed by atoms with van der Waals surface area (Å²) in [6, 6.07) is 9.93. The van der Waals surface area contributed by atoms with Gasteiger partial charge in [0, 0.05) is 6.54 Å². The Bertz CT molecular complexity index is 350. The van der Waals surface area contributed by atoms with Crippen LogP contribution in [0.25, 0.3) is 0 Å². The Balaban J connectivity index is 2.15.